The number of likely N-dealkylation sites (tertiary alicyclic amines) is 1. The summed E-state index contributed by atoms with van der Waals surface area (Å²) in [6.45, 7) is 0.976. The Morgan fingerprint density at radius 2 is 2.15 bits per heavy atom. The Hall–Kier alpha value is -0.610. The molecule has 0 aromatic rings. The Labute approximate surface area is 77.2 Å². The van der Waals surface area contributed by atoms with Crippen LogP contribution in [0.1, 0.15) is 25.7 Å². The monoisotopic (exact) mass is 185 g/mol. The summed E-state index contributed by atoms with van der Waals surface area (Å²) < 4.78 is 0. The van der Waals surface area contributed by atoms with Crippen molar-refractivity contribution in [2.75, 3.05) is 13.1 Å². The lowest BCUT2D eigenvalue weighted by atomic mass is 9.79. The third-order valence-corrected chi connectivity index (χ3v) is 3.03. The zero-order chi connectivity index (χ0) is 9.47. The van der Waals surface area contributed by atoms with Crippen LogP contribution in [0.3, 0.4) is 0 Å². The van der Waals surface area contributed by atoms with Gasteiger partial charge in [0.1, 0.15) is 5.60 Å². The minimum atomic E-state index is -1.09. The summed E-state index contributed by atoms with van der Waals surface area (Å²) >= 11 is 0. The summed E-state index contributed by atoms with van der Waals surface area (Å²) in [6, 6.07) is 0. The average Bonchev–Trinajstić information content (AvgIpc) is 2.46. The second-order valence-corrected chi connectivity index (χ2v) is 4.08. The van der Waals surface area contributed by atoms with E-state index in [2.05, 4.69) is 0 Å². The Morgan fingerprint density at radius 1 is 1.46 bits per heavy atom. The van der Waals surface area contributed by atoms with E-state index in [0.717, 1.165) is 6.42 Å². The van der Waals surface area contributed by atoms with E-state index in [1.165, 1.54) is 0 Å². The molecule has 2 N–H and O–H groups in total. The Kier molecular flexibility index (Phi) is 2.04. The molecule has 2 aliphatic rings. The molecule has 1 saturated carbocycles. The second-order valence-electron chi connectivity index (χ2n) is 4.08. The molecule has 1 amide bonds. The Balaban J connectivity index is 1.97. The third-order valence-electron chi connectivity index (χ3n) is 3.03. The fourth-order valence-corrected chi connectivity index (χ4v) is 1.95. The highest BCUT2D eigenvalue weighted by molar-refractivity contribution is 5.86. The SMILES string of the molecule is O=C(N1CC[C@@H](O)C1)C1(O)CCC1. The zero-order valence-corrected chi connectivity index (χ0v) is 7.57. The predicted octanol–water partition coefficient (Wildman–Crippen LogP) is -0.505. The molecule has 74 valence electrons. The van der Waals surface area contributed by atoms with E-state index in [4.69, 9.17) is 0 Å². The van der Waals surface area contributed by atoms with Crippen LogP contribution in [0.25, 0.3) is 0 Å². The van der Waals surface area contributed by atoms with Crippen molar-refractivity contribution in [2.45, 2.75) is 37.4 Å². The standard InChI is InChI=1S/C9H15NO3/c11-7-2-5-10(6-7)8(12)9(13)3-1-4-9/h7,11,13H,1-6H2/t7-/m1/s1. The van der Waals surface area contributed by atoms with Gasteiger partial charge in [-0.3, -0.25) is 4.79 Å². The van der Waals surface area contributed by atoms with Gasteiger partial charge in [0.15, 0.2) is 0 Å². The minimum Gasteiger partial charge on any atom is -0.391 e. The fraction of sp³-hybridized carbons (Fsp3) is 0.889. The van der Waals surface area contributed by atoms with E-state index in [1.807, 2.05) is 0 Å². The molecule has 4 heteroatoms. The lowest BCUT2D eigenvalue weighted by Gasteiger charge is -2.37. The van der Waals surface area contributed by atoms with Crippen LogP contribution in [-0.4, -0.2) is 45.8 Å². The molecule has 0 aromatic carbocycles. The summed E-state index contributed by atoms with van der Waals surface area (Å²) in [7, 11) is 0. The molecule has 13 heavy (non-hydrogen) atoms. The molecular weight excluding hydrogens is 170 g/mol. The molecule has 0 unspecified atom stereocenters. The van der Waals surface area contributed by atoms with Crippen molar-refractivity contribution in [3.63, 3.8) is 0 Å². The van der Waals surface area contributed by atoms with Gasteiger partial charge in [0.05, 0.1) is 6.10 Å². The van der Waals surface area contributed by atoms with Gasteiger partial charge < -0.3 is 15.1 Å². The highest BCUT2D eigenvalue weighted by Gasteiger charge is 2.45. The molecule has 2 fully saturated rings. The number of β-amino-alcohol motifs (C(OH)–C–C–N with tert-alkyl or cyclic N) is 1. The summed E-state index contributed by atoms with van der Waals surface area (Å²) in [5.74, 6) is -0.185. The molecule has 1 saturated heterocycles. The smallest absolute Gasteiger partial charge is 0.254 e. The molecule has 2 rings (SSSR count). The second kappa shape index (κ2) is 2.96. The molecule has 1 atom stereocenters. The van der Waals surface area contributed by atoms with Gasteiger partial charge in [-0.15, -0.1) is 0 Å². The van der Waals surface area contributed by atoms with Crippen LogP contribution >= 0.6 is 0 Å². The van der Waals surface area contributed by atoms with Gasteiger partial charge in [0.2, 0.25) is 0 Å². The summed E-state index contributed by atoms with van der Waals surface area (Å²) in [4.78, 5) is 13.2. The topological polar surface area (TPSA) is 60.8 Å². The molecule has 0 aromatic heterocycles. The van der Waals surface area contributed by atoms with Gasteiger partial charge in [-0.05, 0) is 25.7 Å². The van der Waals surface area contributed by atoms with Crippen molar-refractivity contribution in [1.82, 2.24) is 4.90 Å². The van der Waals surface area contributed by atoms with E-state index in [-0.39, 0.29) is 5.91 Å². The van der Waals surface area contributed by atoms with Crippen LogP contribution in [0.5, 0.6) is 0 Å². The first-order chi connectivity index (χ1) is 6.12. The third kappa shape index (κ3) is 1.44. The zero-order valence-electron chi connectivity index (χ0n) is 7.57. The number of rotatable bonds is 1. The normalized spacial score (nSPS) is 31.5. The summed E-state index contributed by atoms with van der Waals surface area (Å²) in [5, 5.41) is 19.0. The fourth-order valence-electron chi connectivity index (χ4n) is 1.95. The van der Waals surface area contributed by atoms with Crippen molar-refractivity contribution < 1.29 is 15.0 Å². The van der Waals surface area contributed by atoms with Gasteiger partial charge in [-0.25, -0.2) is 0 Å². The minimum absolute atomic E-state index is 0.185. The van der Waals surface area contributed by atoms with Gasteiger partial charge in [0, 0.05) is 13.1 Å². The number of carbonyl (C=O) groups excluding carboxylic acids is 1. The number of aliphatic hydroxyl groups is 2. The maximum atomic E-state index is 11.7. The predicted molar refractivity (Wildman–Crippen MR) is 46.0 cm³/mol. The first kappa shape index (κ1) is 8.97. The quantitative estimate of drug-likeness (QED) is 0.578. The molecule has 4 nitrogen and oxygen atoms in total. The van der Waals surface area contributed by atoms with Crippen LogP contribution < -0.4 is 0 Å². The van der Waals surface area contributed by atoms with E-state index in [9.17, 15) is 15.0 Å². The van der Waals surface area contributed by atoms with Crippen LogP contribution in [-0.2, 0) is 4.79 Å². The maximum Gasteiger partial charge on any atom is 0.254 e. The summed E-state index contributed by atoms with van der Waals surface area (Å²) in [6.07, 6.45) is 2.34. The van der Waals surface area contributed by atoms with Crippen LogP contribution in [0.4, 0.5) is 0 Å². The van der Waals surface area contributed by atoms with E-state index >= 15 is 0 Å². The van der Waals surface area contributed by atoms with Gasteiger partial charge >= 0.3 is 0 Å². The molecule has 1 aliphatic carbocycles. The van der Waals surface area contributed by atoms with Crippen LogP contribution in [0.15, 0.2) is 0 Å². The van der Waals surface area contributed by atoms with E-state index < -0.39 is 11.7 Å². The van der Waals surface area contributed by atoms with Crippen molar-refractivity contribution >= 4 is 5.91 Å². The number of nitrogens with zero attached hydrogens (tertiary/aromatic N) is 1. The molecule has 0 radical (unpaired) electrons. The molecular formula is C9H15NO3. The van der Waals surface area contributed by atoms with Crippen molar-refractivity contribution in [2.24, 2.45) is 0 Å². The average molecular weight is 185 g/mol. The molecule has 0 spiro atoms. The highest BCUT2D eigenvalue weighted by Crippen LogP contribution is 2.34. The van der Waals surface area contributed by atoms with Crippen LogP contribution in [0, 0.1) is 0 Å². The van der Waals surface area contributed by atoms with Crippen LogP contribution in [0.2, 0.25) is 0 Å². The molecule has 1 aliphatic heterocycles. The molecule has 0 bridgehead atoms. The van der Waals surface area contributed by atoms with Gasteiger partial charge in [-0.2, -0.15) is 0 Å². The number of carbonyl (C=O) groups is 1. The van der Waals surface area contributed by atoms with Gasteiger partial charge in [-0.1, -0.05) is 0 Å². The largest absolute Gasteiger partial charge is 0.391 e. The Bertz CT molecular complexity index is 225. The first-order valence-electron chi connectivity index (χ1n) is 4.82. The number of hydrogen-bond donors (Lipinski definition) is 2. The van der Waals surface area contributed by atoms with Crippen molar-refractivity contribution in [3.05, 3.63) is 0 Å². The Morgan fingerprint density at radius 3 is 2.54 bits per heavy atom. The highest BCUT2D eigenvalue weighted by atomic mass is 16.3. The number of amides is 1. The summed E-state index contributed by atoms with van der Waals surface area (Å²) in [5.41, 5.74) is -1.09. The lowest BCUT2D eigenvalue weighted by molar-refractivity contribution is -0.159. The van der Waals surface area contributed by atoms with E-state index in [1.54, 1.807) is 4.90 Å². The van der Waals surface area contributed by atoms with E-state index in [0.29, 0.717) is 32.4 Å². The number of hydrogen-bond acceptors (Lipinski definition) is 3. The van der Waals surface area contributed by atoms with Crippen molar-refractivity contribution in [3.8, 4) is 0 Å². The lowest BCUT2D eigenvalue weighted by Crippen LogP contribution is -2.52. The first-order valence-corrected chi connectivity index (χ1v) is 4.82. The number of aliphatic hydroxyl groups excluding tert-OH is 1. The van der Waals surface area contributed by atoms with Gasteiger partial charge in [0.25, 0.3) is 5.91 Å². The maximum absolute atomic E-state index is 11.7. The molecule has 1 heterocycles. The van der Waals surface area contributed by atoms with Crippen molar-refractivity contribution in [1.29, 1.82) is 0 Å².